The second-order valence-electron chi connectivity index (χ2n) is 31.5. The predicted octanol–water partition coefficient (Wildman–Crippen LogP) is 25.8. The van der Waals surface area contributed by atoms with Gasteiger partial charge in [0.15, 0.2) is 12.2 Å². The molecule has 0 aromatic rings. The standard InChI is InChI=1S/C85H166O17P2/c1-7-9-11-13-15-17-19-21-23-25-27-29-31-36-40-44-48-55-61-67-82(87)95-73-80(101-84(89)69-63-57-49-45-41-37-32-30-28-26-24-22-20-18-16-14-12-10-8-2)75-99-103(91,92)97-71-79(86)72-98-104(93,94)100-76-81(74-96-83(88)68-62-56-52-51-54-60-66-78(5)6)102-85(90)70-64-58-50-46-42-38-34-33-35-39-43-47-53-59-65-77(3)4/h77-81,86H,7-76H2,1-6H3,(H,91,92)(H,93,94)/t79-,80-,81-/m1/s1. The van der Waals surface area contributed by atoms with Crippen molar-refractivity contribution in [2.75, 3.05) is 39.6 Å². The number of hydrogen-bond donors (Lipinski definition) is 3. The van der Waals surface area contributed by atoms with E-state index in [1.165, 1.54) is 263 Å². The van der Waals surface area contributed by atoms with Gasteiger partial charge in [0, 0.05) is 25.7 Å². The molecule has 104 heavy (non-hydrogen) atoms. The number of aliphatic hydroxyl groups excluding tert-OH is 1. The van der Waals surface area contributed by atoms with Gasteiger partial charge in [-0.05, 0) is 37.5 Å². The van der Waals surface area contributed by atoms with E-state index in [1.807, 2.05) is 0 Å². The molecular weight excluding hydrogens is 1350 g/mol. The average molecular weight is 1520 g/mol. The minimum absolute atomic E-state index is 0.107. The lowest BCUT2D eigenvalue weighted by molar-refractivity contribution is -0.161. The maximum Gasteiger partial charge on any atom is 0.472 e. The van der Waals surface area contributed by atoms with E-state index in [-0.39, 0.29) is 25.7 Å². The zero-order valence-electron chi connectivity index (χ0n) is 68.3. The summed E-state index contributed by atoms with van der Waals surface area (Å²) < 4.78 is 68.8. The van der Waals surface area contributed by atoms with E-state index in [0.717, 1.165) is 102 Å². The van der Waals surface area contributed by atoms with Crippen LogP contribution in [-0.4, -0.2) is 96.7 Å². The summed E-state index contributed by atoms with van der Waals surface area (Å²) in [5.41, 5.74) is 0. The van der Waals surface area contributed by atoms with Crippen molar-refractivity contribution in [2.45, 2.75) is 471 Å². The Hall–Kier alpha value is -1.94. The van der Waals surface area contributed by atoms with Crippen molar-refractivity contribution in [2.24, 2.45) is 11.8 Å². The lowest BCUT2D eigenvalue weighted by Crippen LogP contribution is -2.30. The van der Waals surface area contributed by atoms with Crippen LogP contribution in [0.3, 0.4) is 0 Å². The van der Waals surface area contributed by atoms with Gasteiger partial charge in [0.25, 0.3) is 0 Å². The molecule has 0 aliphatic carbocycles. The summed E-state index contributed by atoms with van der Waals surface area (Å²) >= 11 is 0. The molecule has 0 heterocycles. The molecule has 0 bridgehead atoms. The zero-order chi connectivity index (χ0) is 76.4. The number of aliphatic hydroxyl groups is 1. The van der Waals surface area contributed by atoms with Crippen LogP contribution in [-0.2, 0) is 65.4 Å². The van der Waals surface area contributed by atoms with Gasteiger partial charge < -0.3 is 33.8 Å². The average Bonchev–Trinajstić information content (AvgIpc) is 0.915. The van der Waals surface area contributed by atoms with Crippen LogP contribution in [0.15, 0.2) is 0 Å². The van der Waals surface area contributed by atoms with Crippen LogP contribution in [0.2, 0.25) is 0 Å². The summed E-state index contributed by atoms with van der Waals surface area (Å²) in [5, 5.41) is 10.7. The van der Waals surface area contributed by atoms with Crippen molar-refractivity contribution in [3.63, 3.8) is 0 Å². The van der Waals surface area contributed by atoms with E-state index in [4.69, 9.17) is 37.0 Å². The highest BCUT2D eigenvalue weighted by molar-refractivity contribution is 7.47. The highest BCUT2D eigenvalue weighted by Crippen LogP contribution is 2.45. The Morgan fingerprint density at radius 2 is 0.442 bits per heavy atom. The fourth-order valence-electron chi connectivity index (χ4n) is 13.2. The van der Waals surface area contributed by atoms with Crippen LogP contribution in [0.25, 0.3) is 0 Å². The van der Waals surface area contributed by atoms with Crippen molar-refractivity contribution in [1.29, 1.82) is 0 Å². The van der Waals surface area contributed by atoms with E-state index < -0.39 is 97.5 Å². The van der Waals surface area contributed by atoms with Crippen LogP contribution in [0.4, 0.5) is 0 Å². The Morgan fingerprint density at radius 1 is 0.260 bits per heavy atom. The predicted molar refractivity (Wildman–Crippen MR) is 428 cm³/mol. The van der Waals surface area contributed by atoms with Crippen LogP contribution < -0.4 is 0 Å². The summed E-state index contributed by atoms with van der Waals surface area (Å²) in [7, 11) is -9.93. The fraction of sp³-hybridized carbons (Fsp3) is 0.953. The summed E-state index contributed by atoms with van der Waals surface area (Å²) in [6.07, 6.45) is 68.3. The minimum Gasteiger partial charge on any atom is -0.462 e. The summed E-state index contributed by atoms with van der Waals surface area (Å²) in [4.78, 5) is 73.1. The molecule has 0 spiro atoms. The van der Waals surface area contributed by atoms with Gasteiger partial charge in [0.1, 0.15) is 19.3 Å². The van der Waals surface area contributed by atoms with Gasteiger partial charge in [0.2, 0.25) is 0 Å². The van der Waals surface area contributed by atoms with Crippen LogP contribution in [0.1, 0.15) is 452 Å². The number of ether oxygens (including phenoxy) is 4. The molecule has 618 valence electrons. The summed E-state index contributed by atoms with van der Waals surface area (Å²) in [6.45, 7) is 9.60. The Balaban J connectivity index is 5.21. The van der Waals surface area contributed by atoms with Gasteiger partial charge in [-0.2, -0.15) is 0 Å². The Kier molecular flexibility index (Phi) is 75.0. The molecule has 0 amide bonds. The highest BCUT2D eigenvalue weighted by Gasteiger charge is 2.30. The number of rotatable bonds is 84. The maximum absolute atomic E-state index is 13.1. The quantitative estimate of drug-likeness (QED) is 0.0222. The molecule has 0 saturated heterocycles. The van der Waals surface area contributed by atoms with Crippen LogP contribution in [0.5, 0.6) is 0 Å². The topological polar surface area (TPSA) is 237 Å². The third kappa shape index (κ3) is 78.2. The summed E-state index contributed by atoms with van der Waals surface area (Å²) in [5.74, 6) is -0.631. The number of hydrogen-bond acceptors (Lipinski definition) is 15. The van der Waals surface area contributed by atoms with Crippen molar-refractivity contribution >= 4 is 39.5 Å². The highest BCUT2D eigenvalue weighted by atomic mass is 31.2. The van der Waals surface area contributed by atoms with Gasteiger partial charge in [-0.3, -0.25) is 37.3 Å². The molecule has 0 aliphatic heterocycles. The maximum atomic E-state index is 13.1. The minimum atomic E-state index is -4.96. The number of carbonyl (C=O) groups excluding carboxylic acids is 4. The van der Waals surface area contributed by atoms with Crippen molar-refractivity contribution in [3.8, 4) is 0 Å². The molecule has 17 nitrogen and oxygen atoms in total. The Labute approximate surface area is 638 Å². The molecule has 0 aromatic heterocycles. The van der Waals surface area contributed by atoms with E-state index in [9.17, 15) is 43.2 Å². The molecule has 0 fully saturated rings. The van der Waals surface area contributed by atoms with E-state index in [0.29, 0.717) is 31.6 Å². The van der Waals surface area contributed by atoms with E-state index in [2.05, 4.69) is 41.5 Å². The first-order valence-electron chi connectivity index (χ1n) is 44.0. The van der Waals surface area contributed by atoms with Gasteiger partial charge in [-0.1, -0.05) is 401 Å². The van der Waals surface area contributed by atoms with Crippen molar-refractivity contribution in [3.05, 3.63) is 0 Å². The van der Waals surface area contributed by atoms with E-state index in [1.54, 1.807) is 0 Å². The molecule has 0 radical (unpaired) electrons. The molecule has 19 heteroatoms. The molecule has 0 rings (SSSR count). The number of phosphoric acid groups is 2. The second kappa shape index (κ2) is 76.4. The first-order chi connectivity index (χ1) is 50.4. The molecule has 0 aromatic carbocycles. The van der Waals surface area contributed by atoms with Crippen molar-refractivity contribution < 1.29 is 80.2 Å². The lowest BCUT2D eigenvalue weighted by Gasteiger charge is -2.21. The lowest BCUT2D eigenvalue weighted by atomic mass is 10.0. The second-order valence-corrected chi connectivity index (χ2v) is 34.4. The van der Waals surface area contributed by atoms with Gasteiger partial charge in [0.05, 0.1) is 26.4 Å². The van der Waals surface area contributed by atoms with Crippen molar-refractivity contribution in [1.82, 2.24) is 0 Å². The monoisotopic (exact) mass is 1520 g/mol. The normalized spacial score (nSPS) is 13.8. The first kappa shape index (κ1) is 102. The van der Waals surface area contributed by atoms with Gasteiger partial charge in [-0.15, -0.1) is 0 Å². The number of carbonyl (C=O) groups is 4. The molecule has 2 unspecified atom stereocenters. The molecule has 5 atom stereocenters. The van der Waals surface area contributed by atoms with Crippen LogP contribution in [0, 0.1) is 11.8 Å². The third-order valence-corrected chi connectivity index (χ3v) is 21.9. The number of esters is 4. The number of unbranched alkanes of at least 4 members (excludes halogenated alkanes) is 54. The smallest absolute Gasteiger partial charge is 0.462 e. The third-order valence-electron chi connectivity index (χ3n) is 20.0. The molecule has 3 N–H and O–H groups in total. The van der Waals surface area contributed by atoms with Gasteiger partial charge >= 0.3 is 39.5 Å². The van der Waals surface area contributed by atoms with Crippen LogP contribution >= 0.6 is 15.6 Å². The zero-order valence-corrected chi connectivity index (χ0v) is 70.1. The SMILES string of the molecule is CCCCCCCCCCCCCCCCCCCCCC(=O)OC[C@H](COP(=O)(O)OC[C@@H](O)COP(=O)(O)OC[C@@H](COC(=O)CCCCCCCCC(C)C)OC(=O)CCCCCCCCCCCCCCCCC(C)C)OC(=O)CCCCCCCCCCCCCCCCCCCCC. The molecule has 0 aliphatic rings. The largest absolute Gasteiger partial charge is 0.472 e. The Morgan fingerprint density at radius 3 is 0.654 bits per heavy atom. The molecular formula is C85H166O17P2. The number of phosphoric ester groups is 2. The van der Waals surface area contributed by atoms with Gasteiger partial charge in [-0.25, -0.2) is 9.13 Å². The molecule has 0 saturated carbocycles. The van der Waals surface area contributed by atoms with E-state index >= 15 is 0 Å². The first-order valence-corrected chi connectivity index (χ1v) is 47.0. The fourth-order valence-corrected chi connectivity index (χ4v) is 14.8. The summed E-state index contributed by atoms with van der Waals surface area (Å²) in [6, 6.07) is 0. The Bertz CT molecular complexity index is 1990.